The second kappa shape index (κ2) is 3.02. The van der Waals surface area contributed by atoms with E-state index in [4.69, 9.17) is 28.9 Å². The van der Waals surface area contributed by atoms with E-state index in [1.807, 2.05) is 0 Å². The highest BCUT2D eigenvalue weighted by Crippen LogP contribution is 2.22. The lowest BCUT2D eigenvalue weighted by molar-refractivity contribution is 0.0986. The van der Waals surface area contributed by atoms with Crippen LogP contribution in [0.5, 0.6) is 0 Å². The van der Waals surface area contributed by atoms with Crippen molar-refractivity contribution in [1.29, 1.82) is 0 Å². The number of amides is 1. The molecule has 0 spiro atoms. The molecule has 0 fully saturated rings. The Kier molecular flexibility index (Phi) is 2.26. The zero-order valence-corrected chi connectivity index (χ0v) is 6.65. The molecule has 1 radical (unpaired) electrons. The lowest BCUT2D eigenvalue weighted by Crippen LogP contribution is -2.04. The molecule has 0 saturated carbocycles. The van der Waals surface area contributed by atoms with Crippen LogP contribution in [0, 0.1) is 0 Å². The van der Waals surface area contributed by atoms with Gasteiger partial charge in [-0.05, 0) is 0 Å². The molecule has 0 unspecified atom stereocenters. The summed E-state index contributed by atoms with van der Waals surface area (Å²) in [5.41, 5.74) is 6.45. The van der Waals surface area contributed by atoms with Crippen molar-refractivity contribution < 1.29 is 4.79 Å². The topological polar surface area (TPSA) is 66.7 Å². The maximum Gasteiger partial charge on any atom is 0.291 e. The average molecular weight is 191 g/mol. The van der Waals surface area contributed by atoms with E-state index in [9.17, 15) is 4.79 Å². The summed E-state index contributed by atoms with van der Waals surface area (Å²) in [5, 5.41) is 6.79. The van der Waals surface area contributed by atoms with Gasteiger partial charge in [0.2, 0.25) is 0 Å². The van der Waals surface area contributed by atoms with Gasteiger partial charge in [-0.15, -0.1) is 5.10 Å². The van der Waals surface area contributed by atoms with Gasteiger partial charge in [-0.25, -0.2) is 0 Å². The van der Waals surface area contributed by atoms with E-state index in [1.54, 1.807) is 0 Å². The summed E-state index contributed by atoms with van der Waals surface area (Å²) in [7, 11) is 0. The third-order valence-corrected chi connectivity index (χ3v) is 1.73. The SMILES string of the molecule is [NH]C(=O)c1nncc(Cl)c1Cl. The number of rotatable bonds is 1. The van der Waals surface area contributed by atoms with E-state index < -0.39 is 5.91 Å². The Morgan fingerprint density at radius 1 is 1.55 bits per heavy atom. The Hall–Kier alpha value is -0.870. The molecule has 6 heteroatoms. The third kappa shape index (κ3) is 1.58. The van der Waals surface area contributed by atoms with Crippen molar-refractivity contribution in [2.45, 2.75) is 0 Å². The van der Waals surface area contributed by atoms with Crippen molar-refractivity contribution in [2.24, 2.45) is 0 Å². The highest BCUT2D eigenvalue weighted by Gasteiger charge is 2.11. The Balaban J connectivity index is 3.27. The maximum atomic E-state index is 10.4. The highest BCUT2D eigenvalue weighted by atomic mass is 35.5. The first-order valence-electron chi connectivity index (χ1n) is 2.55. The van der Waals surface area contributed by atoms with Crippen molar-refractivity contribution in [3.63, 3.8) is 0 Å². The fourth-order valence-electron chi connectivity index (χ4n) is 0.496. The van der Waals surface area contributed by atoms with Gasteiger partial charge in [-0.2, -0.15) is 5.10 Å². The number of nitrogens with zero attached hydrogens (tertiary/aromatic N) is 2. The van der Waals surface area contributed by atoms with Gasteiger partial charge in [0.15, 0.2) is 5.69 Å². The zero-order valence-electron chi connectivity index (χ0n) is 5.14. The summed E-state index contributed by atoms with van der Waals surface area (Å²) < 4.78 is 0. The first-order valence-corrected chi connectivity index (χ1v) is 3.31. The fourth-order valence-corrected chi connectivity index (χ4v) is 0.802. The largest absolute Gasteiger partial charge is 0.291 e. The minimum Gasteiger partial charge on any atom is -0.265 e. The first-order chi connectivity index (χ1) is 5.13. The van der Waals surface area contributed by atoms with Crippen LogP contribution in [0.1, 0.15) is 10.5 Å². The van der Waals surface area contributed by atoms with Crippen LogP contribution in [0.4, 0.5) is 0 Å². The summed E-state index contributed by atoms with van der Waals surface area (Å²) in [6.45, 7) is 0. The molecule has 1 amide bonds. The molecule has 0 atom stereocenters. The fraction of sp³-hybridized carbons (Fsp3) is 0. The van der Waals surface area contributed by atoms with Crippen LogP contribution in [-0.4, -0.2) is 16.1 Å². The number of carbonyl (C=O) groups is 1. The van der Waals surface area contributed by atoms with Gasteiger partial charge in [0.25, 0.3) is 5.91 Å². The van der Waals surface area contributed by atoms with Crippen molar-refractivity contribution in [1.82, 2.24) is 15.9 Å². The molecule has 0 aliphatic rings. The van der Waals surface area contributed by atoms with Crippen molar-refractivity contribution >= 4 is 29.1 Å². The second-order valence-electron chi connectivity index (χ2n) is 1.68. The smallest absolute Gasteiger partial charge is 0.265 e. The molecule has 1 heterocycles. The summed E-state index contributed by atoms with van der Waals surface area (Å²) in [6, 6.07) is 0. The minimum atomic E-state index is -0.995. The van der Waals surface area contributed by atoms with E-state index in [-0.39, 0.29) is 15.7 Å². The molecule has 0 saturated heterocycles. The van der Waals surface area contributed by atoms with Crippen LogP contribution < -0.4 is 5.73 Å². The Morgan fingerprint density at radius 2 is 2.18 bits per heavy atom. The van der Waals surface area contributed by atoms with Crippen molar-refractivity contribution in [2.75, 3.05) is 0 Å². The predicted octanol–water partition coefficient (Wildman–Crippen LogP) is 1.21. The number of halogens is 2. The van der Waals surface area contributed by atoms with E-state index in [2.05, 4.69) is 10.2 Å². The molecule has 0 aromatic carbocycles. The molecule has 1 aromatic heterocycles. The Labute approximate surface area is 72.3 Å². The lowest BCUT2D eigenvalue weighted by Gasteiger charge is -1.96. The summed E-state index contributed by atoms with van der Waals surface area (Å²) in [6.07, 6.45) is 1.20. The van der Waals surface area contributed by atoms with Crippen LogP contribution in [0.2, 0.25) is 10.0 Å². The molecule has 0 aliphatic carbocycles. The van der Waals surface area contributed by atoms with Crippen LogP contribution >= 0.6 is 23.2 Å². The average Bonchev–Trinajstić information content (AvgIpc) is 1.94. The molecule has 1 rings (SSSR count). The van der Waals surface area contributed by atoms with Gasteiger partial charge in [-0.1, -0.05) is 23.2 Å². The van der Waals surface area contributed by atoms with Gasteiger partial charge in [0.1, 0.15) is 0 Å². The number of nitrogens with one attached hydrogen (secondary N) is 1. The summed E-state index contributed by atoms with van der Waals surface area (Å²) in [5.74, 6) is -0.995. The zero-order chi connectivity index (χ0) is 8.43. The van der Waals surface area contributed by atoms with Gasteiger partial charge >= 0.3 is 0 Å². The number of hydrogen-bond acceptors (Lipinski definition) is 3. The van der Waals surface area contributed by atoms with E-state index in [0.29, 0.717) is 0 Å². The maximum absolute atomic E-state index is 10.4. The van der Waals surface area contributed by atoms with Gasteiger partial charge in [0.05, 0.1) is 16.2 Å². The molecule has 57 valence electrons. The van der Waals surface area contributed by atoms with E-state index >= 15 is 0 Å². The van der Waals surface area contributed by atoms with Crippen LogP contribution in [0.3, 0.4) is 0 Å². The molecule has 0 bridgehead atoms. The van der Waals surface area contributed by atoms with E-state index in [1.165, 1.54) is 6.20 Å². The molecule has 11 heavy (non-hydrogen) atoms. The molecular formula is C5H2Cl2N3O. The Morgan fingerprint density at radius 3 is 2.64 bits per heavy atom. The standard InChI is InChI=1S/C5H2Cl2N3O/c6-2-1-9-10-4(3(2)7)5(8)11/h1,8H. The van der Waals surface area contributed by atoms with Gasteiger partial charge in [-0.3, -0.25) is 10.5 Å². The van der Waals surface area contributed by atoms with Crippen LogP contribution in [0.25, 0.3) is 0 Å². The number of hydrogen-bond donors (Lipinski definition) is 0. The number of carbonyl (C=O) groups excluding carboxylic acids is 1. The van der Waals surface area contributed by atoms with Crippen LogP contribution in [0.15, 0.2) is 6.20 Å². The second-order valence-corrected chi connectivity index (χ2v) is 2.47. The highest BCUT2D eigenvalue weighted by molar-refractivity contribution is 6.43. The molecule has 0 aliphatic heterocycles. The first kappa shape index (κ1) is 8.23. The van der Waals surface area contributed by atoms with E-state index in [0.717, 1.165) is 0 Å². The Bertz CT molecular complexity index is 302. The van der Waals surface area contributed by atoms with Gasteiger partial charge < -0.3 is 0 Å². The molecule has 1 N–H and O–H groups in total. The summed E-state index contributed by atoms with van der Waals surface area (Å²) >= 11 is 11.0. The molecular weight excluding hydrogens is 189 g/mol. The van der Waals surface area contributed by atoms with Gasteiger partial charge in [0, 0.05) is 0 Å². The van der Waals surface area contributed by atoms with Crippen molar-refractivity contribution in [3.8, 4) is 0 Å². The summed E-state index contributed by atoms with van der Waals surface area (Å²) in [4.78, 5) is 10.4. The number of aromatic nitrogens is 2. The predicted molar refractivity (Wildman–Crippen MR) is 39.5 cm³/mol. The van der Waals surface area contributed by atoms with Crippen molar-refractivity contribution in [3.05, 3.63) is 21.9 Å². The molecule has 1 aromatic rings. The van der Waals surface area contributed by atoms with Crippen LogP contribution in [-0.2, 0) is 0 Å². The normalized spacial score (nSPS) is 9.64. The quantitative estimate of drug-likeness (QED) is 0.669. The lowest BCUT2D eigenvalue weighted by atomic mass is 10.4. The third-order valence-electron chi connectivity index (χ3n) is 0.961. The molecule has 4 nitrogen and oxygen atoms in total. The monoisotopic (exact) mass is 190 g/mol. The minimum absolute atomic E-state index is 0.0262.